The average molecular weight is 362 g/mol. The summed E-state index contributed by atoms with van der Waals surface area (Å²) in [5.74, 6) is 0.286. The van der Waals surface area contributed by atoms with E-state index in [1.54, 1.807) is 61.5 Å². The molecule has 0 aromatic heterocycles. The molecule has 0 fully saturated rings. The fourth-order valence-electron chi connectivity index (χ4n) is 2.43. The minimum atomic E-state index is -3.62. The summed E-state index contributed by atoms with van der Waals surface area (Å²) in [6, 6.07) is 14.6. The van der Waals surface area contributed by atoms with Crippen molar-refractivity contribution in [2.24, 2.45) is 0 Å². The van der Waals surface area contributed by atoms with Crippen molar-refractivity contribution in [3.63, 3.8) is 0 Å². The zero-order valence-corrected chi connectivity index (χ0v) is 15.3. The van der Waals surface area contributed by atoms with Crippen LogP contribution >= 0.6 is 0 Å². The van der Waals surface area contributed by atoms with Crippen LogP contribution in [-0.4, -0.2) is 33.2 Å². The first-order chi connectivity index (χ1) is 11.8. The van der Waals surface area contributed by atoms with E-state index in [0.29, 0.717) is 23.7 Å². The number of nitrogens with zero attached hydrogens (tertiary/aromatic N) is 1. The van der Waals surface area contributed by atoms with Gasteiger partial charge in [0.1, 0.15) is 11.8 Å². The van der Waals surface area contributed by atoms with Crippen LogP contribution < -0.4 is 14.4 Å². The molecule has 1 unspecified atom stereocenters. The van der Waals surface area contributed by atoms with Gasteiger partial charge in [-0.05, 0) is 50.2 Å². The van der Waals surface area contributed by atoms with Gasteiger partial charge in [-0.3, -0.25) is 9.10 Å². The van der Waals surface area contributed by atoms with Crippen molar-refractivity contribution in [1.82, 2.24) is 0 Å². The molecule has 1 amide bonds. The molecule has 2 aromatic carbocycles. The zero-order valence-electron chi connectivity index (χ0n) is 14.5. The summed E-state index contributed by atoms with van der Waals surface area (Å²) in [5.41, 5.74) is 1.01. The largest absolute Gasteiger partial charge is 0.494 e. The third kappa shape index (κ3) is 4.96. The fraction of sp³-hybridized carbons (Fsp3) is 0.278. The summed E-state index contributed by atoms with van der Waals surface area (Å²) in [4.78, 5) is 12.5. The number of hydrogen-bond acceptors (Lipinski definition) is 4. The number of carbonyl (C=O) groups is 1. The van der Waals surface area contributed by atoms with Gasteiger partial charge >= 0.3 is 0 Å². The lowest BCUT2D eigenvalue weighted by Crippen LogP contribution is -2.45. The summed E-state index contributed by atoms with van der Waals surface area (Å²) in [7, 11) is -3.62. The van der Waals surface area contributed by atoms with Crippen molar-refractivity contribution in [2.45, 2.75) is 19.9 Å². The van der Waals surface area contributed by atoms with Crippen LogP contribution in [-0.2, 0) is 14.8 Å². The Balaban J connectivity index is 2.18. The van der Waals surface area contributed by atoms with E-state index in [9.17, 15) is 13.2 Å². The molecular weight excluding hydrogens is 340 g/mol. The second kappa shape index (κ2) is 8.02. The highest BCUT2D eigenvalue weighted by molar-refractivity contribution is 7.92. The van der Waals surface area contributed by atoms with Crippen molar-refractivity contribution in [1.29, 1.82) is 0 Å². The van der Waals surface area contributed by atoms with E-state index in [-0.39, 0.29) is 0 Å². The Bertz CT molecular complexity index is 805. The molecule has 0 aliphatic rings. The maximum atomic E-state index is 12.5. The van der Waals surface area contributed by atoms with Crippen LogP contribution in [0.5, 0.6) is 5.75 Å². The molecule has 0 saturated carbocycles. The third-order valence-corrected chi connectivity index (χ3v) is 4.77. The van der Waals surface area contributed by atoms with Crippen LogP contribution in [0.15, 0.2) is 54.6 Å². The molecule has 0 bridgehead atoms. The number of hydrogen-bond donors (Lipinski definition) is 1. The van der Waals surface area contributed by atoms with Crippen molar-refractivity contribution in [2.75, 3.05) is 22.5 Å². The summed E-state index contributed by atoms with van der Waals surface area (Å²) >= 11 is 0. The highest BCUT2D eigenvalue weighted by Gasteiger charge is 2.28. The molecule has 0 aliphatic carbocycles. The second-order valence-electron chi connectivity index (χ2n) is 5.52. The Morgan fingerprint density at radius 1 is 1.12 bits per heavy atom. The standard InChI is InChI=1S/C18H22N2O4S/c1-4-24-17-12-10-15(11-13-17)19-18(21)14(2)20(25(3,22)23)16-8-6-5-7-9-16/h5-14H,4H2,1-3H3,(H,19,21). The van der Waals surface area contributed by atoms with E-state index in [2.05, 4.69) is 5.32 Å². The summed E-state index contributed by atoms with van der Waals surface area (Å²) in [6.07, 6.45) is 1.08. The van der Waals surface area contributed by atoms with Crippen LogP contribution in [0.1, 0.15) is 13.8 Å². The minimum Gasteiger partial charge on any atom is -0.494 e. The maximum absolute atomic E-state index is 12.5. The van der Waals surface area contributed by atoms with Gasteiger partial charge in [0.05, 0.1) is 18.6 Å². The SMILES string of the molecule is CCOc1ccc(NC(=O)C(C)N(c2ccccc2)S(C)(=O)=O)cc1. The fourth-order valence-corrected chi connectivity index (χ4v) is 3.61. The molecular formula is C18H22N2O4S. The highest BCUT2D eigenvalue weighted by Crippen LogP contribution is 2.21. The quantitative estimate of drug-likeness (QED) is 0.822. The van der Waals surface area contributed by atoms with Gasteiger partial charge in [-0.1, -0.05) is 18.2 Å². The van der Waals surface area contributed by atoms with Crippen LogP contribution in [0, 0.1) is 0 Å². The Labute approximate surface area is 148 Å². The lowest BCUT2D eigenvalue weighted by Gasteiger charge is -2.28. The maximum Gasteiger partial charge on any atom is 0.247 e. The number of anilines is 2. The smallest absolute Gasteiger partial charge is 0.247 e. The first-order valence-corrected chi connectivity index (χ1v) is 9.76. The number of ether oxygens (including phenoxy) is 1. The van der Waals surface area contributed by atoms with Gasteiger partial charge in [0.25, 0.3) is 0 Å². The van der Waals surface area contributed by atoms with Gasteiger partial charge in [0, 0.05) is 5.69 Å². The number of carbonyl (C=O) groups excluding carboxylic acids is 1. The molecule has 0 heterocycles. The highest BCUT2D eigenvalue weighted by atomic mass is 32.2. The summed E-state index contributed by atoms with van der Waals surface area (Å²) < 4.78 is 30.8. The van der Waals surface area contributed by atoms with Gasteiger partial charge in [0.15, 0.2) is 0 Å². The molecule has 1 N–H and O–H groups in total. The lowest BCUT2D eigenvalue weighted by atomic mass is 10.2. The number of benzene rings is 2. The number of rotatable bonds is 7. The molecule has 7 heteroatoms. The average Bonchev–Trinajstić information content (AvgIpc) is 2.56. The predicted octanol–water partition coefficient (Wildman–Crippen LogP) is 2.88. The van der Waals surface area contributed by atoms with Crippen molar-refractivity contribution in [3.05, 3.63) is 54.6 Å². The van der Waals surface area contributed by atoms with Crippen LogP contribution in [0.4, 0.5) is 11.4 Å². The topological polar surface area (TPSA) is 75.7 Å². The monoisotopic (exact) mass is 362 g/mol. The summed E-state index contributed by atoms with van der Waals surface area (Å²) in [5, 5.41) is 2.73. The molecule has 6 nitrogen and oxygen atoms in total. The molecule has 2 aromatic rings. The van der Waals surface area contributed by atoms with E-state index in [0.717, 1.165) is 10.6 Å². The van der Waals surface area contributed by atoms with E-state index in [1.165, 1.54) is 0 Å². The zero-order chi connectivity index (χ0) is 18.4. The Kier molecular flexibility index (Phi) is 6.03. The number of nitrogens with one attached hydrogen (secondary N) is 1. The van der Waals surface area contributed by atoms with Crippen LogP contribution in [0.2, 0.25) is 0 Å². The minimum absolute atomic E-state index is 0.418. The Hall–Kier alpha value is -2.54. The molecule has 1 atom stereocenters. The molecule has 0 radical (unpaired) electrons. The third-order valence-electron chi connectivity index (χ3n) is 3.53. The molecule has 0 saturated heterocycles. The first kappa shape index (κ1) is 18.8. The molecule has 0 aliphatic heterocycles. The summed E-state index contributed by atoms with van der Waals surface area (Å²) in [6.45, 7) is 4.00. The normalized spacial score (nSPS) is 12.3. The van der Waals surface area contributed by atoms with Gasteiger partial charge in [0.2, 0.25) is 15.9 Å². The molecule has 25 heavy (non-hydrogen) atoms. The predicted molar refractivity (Wildman–Crippen MR) is 99.5 cm³/mol. The van der Waals surface area contributed by atoms with E-state index in [4.69, 9.17) is 4.74 Å². The van der Waals surface area contributed by atoms with Gasteiger partial charge < -0.3 is 10.1 Å². The van der Waals surface area contributed by atoms with Crippen molar-refractivity contribution in [3.8, 4) is 5.75 Å². The molecule has 2 rings (SSSR count). The van der Waals surface area contributed by atoms with E-state index < -0.39 is 22.0 Å². The van der Waals surface area contributed by atoms with Gasteiger partial charge in [-0.15, -0.1) is 0 Å². The van der Waals surface area contributed by atoms with Crippen LogP contribution in [0.3, 0.4) is 0 Å². The Morgan fingerprint density at radius 3 is 2.24 bits per heavy atom. The Morgan fingerprint density at radius 2 is 1.72 bits per heavy atom. The van der Waals surface area contributed by atoms with E-state index in [1.807, 2.05) is 6.92 Å². The second-order valence-corrected chi connectivity index (χ2v) is 7.38. The number of para-hydroxylation sites is 1. The number of amides is 1. The van der Waals surface area contributed by atoms with Gasteiger partial charge in [-0.25, -0.2) is 8.42 Å². The van der Waals surface area contributed by atoms with Gasteiger partial charge in [-0.2, -0.15) is 0 Å². The molecule has 134 valence electrons. The van der Waals surface area contributed by atoms with Crippen LogP contribution in [0.25, 0.3) is 0 Å². The molecule has 0 spiro atoms. The van der Waals surface area contributed by atoms with Crippen molar-refractivity contribution >= 4 is 27.3 Å². The number of sulfonamides is 1. The van der Waals surface area contributed by atoms with E-state index >= 15 is 0 Å². The lowest BCUT2D eigenvalue weighted by molar-refractivity contribution is -0.116. The van der Waals surface area contributed by atoms with Crippen molar-refractivity contribution < 1.29 is 17.9 Å². The first-order valence-electron chi connectivity index (χ1n) is 7.91.